The number of benzene rings is 2. The fourth-order valence-corrected chi connectivity index (χ4v) is 3.82. The first-order chi connectivity index (χ1) is 15.6. The predicted octanol–water partition coefficient (Wildman–Crippen LogP) is 2.91. The fourth-order valence-electron chi connectivity index (χ4n) is 3.82. The maximum absolute atomic E-state index is 12.7. The summed E-state index contributed by atoms with van der Waals surface area (Å²) in [4.78, 5) is 38.1. The van der Waals surface area contributed by atoms with Gasteiger partial charge in [0.05, 0.1) is 6.04 Å². The molecule has 0 aromatic heterocycles. The Bertz CT molecular complexity index is 1110. The zero-order valence-electron chi connectivity index (χ0n) is 17.4. The summed E-state index contributed by atoms with van der Waals surface area (Å²) < 4.78 is 37.0. The molecule has 0 saturated heterocycles. The number of carbonyl (C=O) groups is 3. The van der Waals surface area contributed by atoms with E-state index in [2.05, 4.69) is 5.32 Å². The maximum atomic E-state index is 12.7. The number of nitrogens with one attached hydrogen (secondary N) is 3. The number of hydrogen-bond acceptors (Lipinski definition) is 4. The van der Waals surface area contributed by atoms with Crippen LogP contribution in [0.3, 0.4) is 0 Å². The van der Waals surface area contributed by atoms with Gasteiger partial charge in [-0.3, -0.25) is 19.8 Å². The van der Waals surface area contributed by atoms with Crippen molar-refractivity contribution in [3.8, 4) is 0 Å². The summed E-state index contributed by atoms with van der Waals surface area (Å²) in [5, 5.41) is 11.9. The molecule has 7 nitrogen and oxygen atoms in total. The molecule has 0 bridgehead atoms. The Morgan fingerprint density at radius 1 is 1.00 bits per heavy atom. The SMILES string of the molecule is N=C(NC(=O)C(F)(F)F)c1ccc(C(=O)NCC2c3ccccc3CN2C(=O)C2CC2)cc1. The van der Waals surface area contributed by atoms with Crippen LogP contribution in [0.25, 0.3) is 0 Å². The number of hydrogen-bond donors (Lipinski definition) is 3. The van der Waals surface area contributed by atoms with Crippen molar-refractivity contribution in [3.05, 3.63) is 70.8 Å². The number of amides is 3. The van der Waals surface area contributed by atoms with Crippen LogP contribution < -0.4 is 10.6 Å². The van der Waals surface area contributed by atoms with Gasteiger partial charge in [-0.15, -0.1) is 0 Å². The van der Waals surface area contributed by atoms with Gasteiger partial charge in [-0.1, -0.05) is 36.4 Å². The monoisotopic (exact) mass is 458 g/mol. The van der Waals surface area contributed by atoms with E-state index >= 15 is 0 Å². The molecule has 1 aliphatic carbocycles. The molecule has 2 aliphatic rings. The summed E-state index contributed by atoms with van der Waals surface area (Å²) >= 11 is 0. The summed E-state index contributed by atoms with van der Waals surface area (Å²) in [6, 6.07) is 12.7. The standard InChI is InChI=1S/C23H21F3N4O3/c24-23(25,26)22(33)29-19(27)13-5-7-14(8-6-13)20(31)28-11-18-17-4-2-1-3-16(17)12-30(18)21(32)15-9-10-15/h1-8,15,18H,9-12H2,(H,28,31)(H2,27,29,33). The van der Waals surface area contributed by atoms with Gasteiger partial charge in [-0.05, 0) is 36.1 Å². The van der Waals surface area contributed by atoms with Crippen LogP contribution >= 0.6 is 0 Å². The van der Waals surface area contributed by atoms with Crippen LogP contribution in [0, 0.1) is 11.3 Å². The van der Waals surface area contributed by atoms with E-state index in [-0.39, 0.29) is 35.5 Å². The van der Waals surface area contributed by atoms with Crippen molar-refractivity contribution in [2.24, 2.45) is 5.92 Å². The number of amidine groups is 1. The van der Waals surface area contributed by atoms with Gasteiger partial charge in [0.2, 0.25) is 5.91 Å². The first kappa shape index (κ1) is 22.5. The lowest BCUT2D eigenvalue weighted by atomic mass is 10.0. The van der Waals surface area contributed by atoms with E-state index in [0.717, 1.165) is 24.0 Å². The molecule has 3 N–H and O–H groups in total. The highest BCUT2D eigenvalue weighted by atomic mass is 19.4. The molecule has 2 aromatic rings. The minimum Gasteiger partial charge on any atom is -0.350 e. The summed E-state index contributed by atoms with van der Waals surface area (Å²) in [5.74, 6) is -3.24. The van der Waals surface area contributed by atoms with Crippen LogP contribution in [-0.4, -0.2) is 41.2 Å². The lowest BCUT2D eigenvalue weighted by molar-refractivity contribution is -0.171. The van der Waals surface area contributed by atoms with E-state index < -0.39 is 23.8 Å². The van der Waals surface area contributed by atoms with Gasteiger partial charge >= 0.3 is 12.1 Å². The highest BCUT2D eigenvalue weighted by Crippen LogP contribution is 2.39. The van der Waals surface area contributed by atoms with Crippen LogP contribution in [0.5, 0.6) is 0 Å². The largest absolute Gasteiger partial charge is 0.471 e. The quantitative estimate of drug-likeness (QED) is 0.474. The Balaban J connectivity index is 1.40. The molecule has 172 valence electrons. The van der Waals surface area contributed by atoms with Crippen molar-refractivity contribution in [1.29, 1.82) is 5.41 Å². The highest BCUT2D eigenvalue weighted by Gasteiger charge is 2.41. The molecule has 1 aliphatic heterocycles. The smallest absolute Gasteiger partial charge is 0.350 e. The number of halogens is 3. The lowest BCUT2D eigenvalue weighted by Crippen LogP contribution is -2.40. The third kappa shape index (κ3) is 4.89. The van der Waals surface area contributed by atoms with Crippen LogP contribution in [0.2, 0.25) is 0 Å². The third-order valence-corrected chi connectivity index (χ3v) is 5.73. The van der Waals surface area contributed by atoms with Crippen molar-refractivity contribution < 1.29 is 27.6 Å². The topological polar surface area (TPSA) is 102 Å². The fraction of sp³-hybridized carbons (Fsp3) is 0.304. The Hall–Kier alpha value is -3.69. The minimum atomic E-state index is -5.10. The molecule has 1 atom stereocenters. The number of alkyl halides is 3. The van der Waals surface area contributed by atoms with Crippen molar-refractivity contribution >= 4 is 23.6 Å². The molecule has 1 fully saturated rings. The molecule has 2 aromatic carbocycles. The third-order valence-electron chi connectivity index (χ3n) is 5.73. The molecule has 10 heteroatoms. The number of nitrogens with zero attached hydrogens (tertiary/aromatic N) is 1. The van der Waals surface area contributed by atoms with Gasteiger partial charge in [-0.25, -0.2) is 0 Å². The van der Waals surface area contributed by atoms with E-state index in [1.165, 1.54) is 29.6 Å². The molecule has 1 heterocycles. The van der Waals surface area contributed by atoms with Gasteiger partial charge in [0.15, 0.2) is 0 Å². The molecule has 1 saturated carbocycles. The molecule has 3 amide bonds. The zero-order valence-corrected chi connectivity index (χ0v) is 17.4. The molecule has 0 spiro atoms. The molecular weight excluding hydrogens is 437 g/mol. The second-order valence-corrected chi connectivity index (χ2v) is 8.07. The van der Waals surface area contributed by atoms with Crippen molar-refractivity contribution in [2.45, 2.75) is 31.6 Å². The molecule has 4 rings (SSSR count). The van der Waals surface area contributed by atoms with Crippen molar-refractivity contribution in [3.63, 3.8) is 0 Å². The Kier molecular flexibility index (Phi) is 5.92. The van der Waals surface area contributed by atoms with Gasteiger partial charge in [-0.2, -0.15) is 13.2 Å². The van der Waals surface area contributed by atoms with Crippen LogP contribution in [-0.2, 0) is 16.1 Å². The van der Waals surface area contributed by atoms with Crippen LogP contribution in [0.4, 0.5) is 13.2 Å². The first-order valence-electron chi connectivity index (χ1n) is 10.4. The van der Waals surface area contributed by atoms with Crippen molar-refractivity contribution in [2.75, 3.05) is 6.54 Å². The predicted molar refractivity (Wildman–Crippen MR) is 112 cm³/mol. The zero-order chi connectivity index (χ0) is 23.8. The summed E-state index contributed by atoms with van der Waals surface area (Å²) in [7, 11) is 0. The van der Waals surface area contributed by atoms with E-state index in [1.54, 1.807) is 4.90 Å². The van der Waals surface area contributed by atoms with Gasteiger partial charge in [0, 0.05) is 30.1 Å². The van der Waals surface area contributed by atoms with Gasteiger partial charge in [0.1, 0.15) is 5.84 Å². The second-order valence-electron chi connectivity index (χ2n) is 8.07. The Morgan fingerprint density at radius 3 is 2.27 bits per heavy atom. The average molecular weight is 458 g/mol. The molecule has 1 unspecified atom stereocenters. The normalized spacial score (nSPS) is 17.3. The Labute approximate surface area is 187 Å². The van der Waals surface area contributed by atoms with Gasteiger partial charge < -0.3 is 15.5 Å². The molecular formula is C23H21F3N4O3. The number of carbonyl (C=O) groups excluding carboxylic acids is 3. The Morgan fingerprint density at radius 2 is 1.64 bits per heavy atom. The van der Waals surface area contributed by atoms with Gasteiger partial charge in [0.25, 0.3) is 5.91 Å². The van der Waals surface area contributed by atoms with E-state index in [9.17, 15) is 27.6 Å². The number of fused-ring (bicyclic) bond motifs is 1. The average Bonchev–Trinajstić information content (AvgIpc) is 3.57. The lowest BCUT2D eigenvalue weighted by Gasteiger charge is -2.25. The number of rotatable bonds is 5. The molecule has 0 radical (unpaired) electrons. The summed E-state index contributed by atoms with van der Waals surface area (Å²) in [6.45, 7) is 0.722. The minimum absolute atomic E-state index is 0.0232. The molecule has 33 heavy (non-hydrogen) atoms. The van der Waals surface area contributed by atoms with Crippen molar-refractivity contribution in [1.82, 2.24) is 15.5 Å². The van der Waals surface area contributed by atoms with E-state index in [4.69, 9.17) is 5.41 Å². The summed E-state index contributed by atoms with van der Waals surface area (Å²) in [6.07, 6.45) is -3.33. The van der Waals surface area contributed by atoms with E-state index in [1.807, 2.05) is 24.3 Å². The highest BCUT2D eigenvalue weighted by molar-refractivity contribution is 6.08. The summed E-state index contributed by atoms with van der Waals surface area (Å²) in [5.41, 5.74) is 2.31. The first-order valence-corrected chi connectivity index (χ1v) is 10.4. The second kappa shape index (κ2) is 8.68. The van der Waals surface area contributed by atoms with Crippen LogP contribution in [0.15, 0.2) is 48.5 Å². The van der Waals surface area contributed by atoms with Crippen LogP contribution in [0.1, 0.15) is 45.9 Å². The maximum Gasteiger partial charge on any atom is 0.471 e. The van der Waals surface area contributed by atoms with E-state index in [0.29, 0.717) is 6.54 Å².